The standard InChI is InChI=1S/C33H40N4O4/c1-36-20-22-37(23-21-36)33(39)29(24-26-14-11-9-12-15-26)35-32(38)28(34)17-13-8-6-4-5-7-10-16-27-18-19-30(40-2)31(25-27)41-3/h5,7,9-19,24-25,34H,4,6,8,20-23H2,1-3H3,(H,35,38)/b7-5-,16-10+,17-13+,29-24+,34-28?. The van der Waals surface area contributed by atoms with Crippen LogP contribution in [0.15, 0.2) is 84.6 Å². The van der Waals surface area contributed by atoms with Gasteiger partial charge in [0.25, 0.3) is 11.8 Å². The average Bonchev–Trinajstić information content (AvgIpc) is 3.00. The van der Waals surface area contributed by atoms with Crippen LogP contribution in [-0.2, 0) is 9.59 Å². The van der Waals surface area contributed by atoms with Crippen LogP contribution in [0.3, 0.4) is 0 Å². The van der Waals surface area contributed by atoms with E-state index in [4.69, 9.17) is 14.9 Å². The lowest BCUT2D eigenvalue weighted by Crippen LogP contribution is -2.49. The monoisotopic (exact) mass is 556 g/mol. The number of methoxy groups -OCH3 is 2. The topological polar surface area (TPSA) is 95.0 Å². The minimum Gasteiger partial charge on any atom is -0.493 e. The summed E-state index contributed by atoms with van der Waals surface area (Å²) in [4.78, 5) is 29.9. The van der Waals surface area contributed by atoms with Crippen LogP contribution in [0.25, 0.3) is 12.2 Å². The van der Waals surface area contributed by atoms with Gasteiger partial charge in [-0.2, -0.15) is 0 Å². The Morgan fingerprint density at radius 3 is 2.32 bits per heavy atom. The van der Waals surface area contributed by atoms with Crippen LogP contribution in [0.1, 0.15) is 30.4 Å². The second-order valence-electron chi connectivity index (χ2n) is 9.67. The second-order valence-corrected chi connectivity index (χ2v) is 9.67. The lowest BCUT2D eigenvalue weighted by molar-refractivity contribution is -0.130. The van der Waals surface area contributed by atoms with Crippen LogP contribution in [0.2, 0.25) is 0 Å². The Hall–Kier alpha value is -4.43. The van der Waals surface area contributed by atoms with Crippen molar-refractivity contribution in [1.29, 1.82) is 5.41 Å². The Morgan fingerprint density at radius 2 is 1.61 bits per heavy atom. The summed E-state index contributed by atoms with van der Waals surface area (Å²) >= 11 is 0. The number of allylic oxidation sites excluding steroid dienone is 4. The molecule has 2 N–H and O–H groups in total. The molecule has 1 heterocycles. The first kappa shape index (κ1) is 31.1. The molecule has 3 rings (SSSR count). The largest absolute Gasteiger partial charge is 0.493 e. The number of likely N-dealkylation sites (N-methyl/N-ethyl adjacent to an activating group) is 1. The average molecular weight is 557 g/mol. The molecule has 1 aliphatic heterocycles. The highest BCUT2D eigenvalue weighted by atomic mass is 16.5. The van der Waals surface area contributed by atoms with E-state index in [9.17, 15) is 9.59 Å². The van der Waals surface area contributed by atoms with Gasteiger partial charge in [-0.15, -0.1) is 0 Å². The number of piperazine rings is 1. The molecule has 41 heavy (non-hydrogen) atoms. The molecule has 0 atom stereocenters. The smallest absolute Gasteiger partial charge is 0.273 e. The van der Waals surface area contributed by atoms with E-state index in [0.29, 0.717) is 24.6 Å². The maximum absolute atomic E-state index is 13.2. The number of ether oxygens (including phenoxy) is 2. The number of benzene rings is 2. The van der Waals surface area contributed by atoms with E-state index in [0.717, 1.165) is 43.5 Å². The Balaban J connectivity index is 1.47. The molecule has 0 bridgehead atoms. The third-order valence-electron chi connectivity index (χ3n) is 6.59. The first-order valence-electron chi connectivity index (χ1n) is 13.8. The zero-order valence-corrected chi connectivity index (χ0v) is 24.1. The van der Waals surface area contributed by atoms with Crippen molar-refractivity contribution in [2.24, 2.45) is 0 Å². The molecule has 216 valence electrons. The number of carbonyl (C=O) groups is 2. The van der Waals surface area contributed by atoms with Gasteiger partial charge in [0.2, 0.25) is 0 Å². The highest BCUT2D eigenvalue weighted by Crippen LogP contribution is 2.28. The number of hydrogen-bond acceptors (Lipinski definition) is 6. The van der Waals surface area contributed by atoms with Crippen LogP contribution in [0.4, 0.5) is 0 Å². The summed E-state index contributed by atoms with van der Waals surface area (Å²) in [6, 6.07) is 15.1. The zero-order valence-electron chi connectivity index (χ0n) is 24.1. The summed E-state index contributed by atoms with van der Waals surface area (Å²) in [5, 5.41) is 10.9. The summed E-state index contributed by atoms with van der Waals surface area (Å²) in [6.07, 6.45) is 15.5. The van der Waals surface area contributed by atoms with Gasteiger partial charge in [-0.05, 0) is 61.7 Å². The molecule has 1 fully saturated rings. The summed E-state index contributed by atoms with van der Waals surface area (Å²) in [5.74, 6) is 0.543. The van der Waals surface area contributed by atoms with E-state index in [1.54, 1.807) is 25.2 Å². The first-order valence-corrected chi connectivity index (χ1v) is 13.8. The van der Waals surface area contributed by atoms with E-state index < -0.39 is 5.91 Å². The van der Waals surface area contributed by atoms with Crippen molar-refractivity contribution in [3.05, 3.63) is 95.7 Å². The second kappa shape index (κ2) is 16.6. The number of nitrogens with one attached hydrogen (secondary N) is 2. The van der Waals surface area contributed by atoms with E-state index in [1.807, 2.05) is 79.9 Å². The lowest BCUT2D eigenvalue weighted by atomic mass is 10.1. The Labute approximate surface area is 243 Å². The molecule has 0 aliphatic carbocycles. The van der Waals surface area contributed by atoms with Crippen molar-refractivity contribution in [3.63, 3.8) is 0 Å². The highest BCUT2D eigenvalue weighted by molar-refractivity contribution is 6.42. The number of rotatable bonds is 13. The number of nitrogens with zero attached hydrogens (tertiary/aromatic N) is 2. The minimum absolute atomic E-state index is 0.176. The van der Waals surface area contributed by atoms with E-state index in [1.165, 1.54) is 6.08 Å². The van der Waals surface area contributed by atoms with Gasteiger partial charge in [0, 0.05) is 26.2 Å². The molecule has 1 aliphatic rings. The fourth-order valence-electron chi connectivity index (χ4n) is 4.17. The van der Waals surface area contributed by atoms with Crippen molar-refractivity contribution in [2.75, 3.05) is 47.4 Å². The lowest BCUT2D eigenvalue weighted by Gasteiger charge is -2.33. The molecule has 2 aromatic carbocycles. The number of unbranched alkanes of at least 4 members (excludes halogenated alkanes) is 2. The molecule has 0 saturated carbocycles. The molecule has 8 heteroatoms. The van der Waals surface area contributed by atoms with Gasteiger partial charge in [0.15, 0.2) is 11.5 Å². The van der Waals surface area contributed by atoms with Crippen molar-refractivity contribution in [2.45, 2.75) is 19.3 Å². The van der Waals surface area contributed by atoms with Crippen LogP contribution >= 0.6 is 0 Å². The summed E-state index contributed by atoms with van der Waals surface area (Å²) in [7, 11) is 5.25. The van der Waals surface area contributed by atoms with Gasteiger partial charge in [-0.1, -0.05) is 66.8 Å². The van der Waals surface area contributed by atoms with Gasteiger partial charge in [-0.25, -0.2) is 0 Å². The summed E-state index contributed by atoms with van der Waals surface area (Å²) in [5.41, 5.74) is 1.80. The van der Waals surface area contributed by atoms with Crippen LogP contribution in [0, 0.1) is 5.41 Å². The van der Waals surface area contributed by atoms with E-state index in [2.05, 4.69) is 16.3 Å². The van der Waals surface area contributed by atoms with Crippen molar-refractivity contribution < 1.29 is 19.1 Å². The number of amides is 2. The zero-order chi connectivity index (χ0) is 29.5. The van der Waals surface area contributed by atoms with Crippen LogP contribution in [0.5, 0.6) is 11.5 Å². The number of hydrogen-bond donors (Lipinski definition) is 2. The summed E-state index contributed by atoms with van der Waals surface area (Å²) in [6.45, 7) is 2.74. The predicted molar refractivity (Wildman–Crippen MR) is 165 cm³/mol. The van der Waals surface area contributed by atoms with E-state index in [-0.39, 0.29) is 17.3 Å². The molecule has 2 amide bonds. The SMILES string of the molecule is COc1ccc(/C=C/C=C\CCC/C=C/C(=N)C(=O)N/C(=C/c2ccccc2)C(=O)N2CCN(C)CC2)cc1OC. The van der Waals surface area contributed by atoms with Crippen molar-refractivity contribution in [3.8, 4) is 11.5 Å². The Bertz CT molecular complexity index is 1290. The van der Waals surface area contributed by atoms with Gasteiger partial charge in [0.05, 0.1) is 14.2 Å². The molecule has 8 nitrogen and oxygen atoms in total. The van der Waals surface area contributed by atoms with Crippen LogP contribution in [-0.4, -0.2) is 74.8 Å². The fraction of sp³-hybridized carbons (Fsp3) is 0.303. The highest BCUT2D eigenvalue weighted by Gasteiger charge is 2.24. The third kappa shape index (κ3) is 10.2. The van der Waals surface area contributed by atoms with Gasteiger partial charge in [-0.3, -0.25) is 15.0 Å². The molecule has 0 unspecified atom stereocenters. The molecular weight excluding hydrogens is 516 g/mol. The summed E-state index contributed by atoms with van der Waals surface area (Å²) < 4.78 is 10.6. The minimum atomic E-state index is -0.605. The van der Waals surface area contributed by atoms with Gasteiger partial charge < -0.3 is 24.6 Å². The molecule has 0 radical (unpaired) electrons. The third-order valence-corrected chi connectivity index (χ3v) is 6.59. The molecule has 1 saturated heterocycles. The Kier molecular flexibility index (Phi) is 12.6. The normalized spacial score (nSPS) is 14.6. The maximum Gasteiger partial charge on any atom is 0.273 e. The predicted octanol–water partition coefficient (Wildman–Crippen LogP) is 4.95. The van der Waals surface area contributed by atoms with Crippen molar-refractivity contribution >= 4 is 29.7 Å². The molecule has 0 spiro atoms. The molecule has 0 aromatic heterocycles. The Morgan fingerprint density at radius 1 is 0.902 bits per heavy atom. The maximum atomic E-state index is 13.2. The van der Waals surface area contributed by atoms with Crippen molar-refractivity contribution in [1.82, 2.24) is 15.1 Å². The fourth-order valence-corrected chi connectivity index (χ4v) is 4.17. The number of carbonyl (C=O) groups excluding carboxylic acids is 2. The van der Waals surface area contributed by atoms with Gasteiger partial charge in [0.1, 0.15) is 11.4 Å². The van der Waals surface area contributed by atoms with E-state index >= 15 is 0 Å². The van der Waals surface area contributed by atoms with Gasteiger partial charge >= 0.3 is 0 Å². The van der Waals surface area contributed by atoms with Crippen LogP contribution < -0.4 is 14.8 Å². The first-order chi connectivity index (χ1) is 19.9. The molecule has 2 aromatic rings. The molecular formula is C33H40N4O4. The quantitative estimate of drug-likeness (QED) is 0.158.